The summed E-state index contributed by atoms with van der Waals surface area (Å²) in [5, 5.41) is 7.18. The number of nitrogens with zero attached hydrogens (tertiary/aromatic N) is 2. The first-order valence-corrected chi connectivity index (χ1v) is 9.72. The molecule has 2 heterocycles. The molecule has 1 aliphatic heterocycles. The molecular formula is C21H25N3O4. The van der Waals surface area contributed by atoms with Crippen LogP contribution in [-0.2, 0) is 30.6 Å². The van der Waals surface area contributed by atoms with Gasteiger partial charge < -0.3 is 14.8 Å². The number of carbonyl (C=O) groups is 1. The Hall–Kier alpha value is -2.83. The third-order valence-electron chi connectivity index (χ3n) is 5.08. The van der Waals surface area contributed by atoms with E-state index in [9.17, 15) is 9.59 Å². The molecular weight excluding hydrogens is 358 g/mol. The van der Waals surface area contributed by atoms with Gasteiger partial charge in [0.2, 0.25) is 0 Å². The number of rotatable bonds is 6. The van der Waals surface area contributed by atoms with E-state index in [0.29, 0.717) is 24.6 Å². The molecule has 1 N–H and O–H groups in total. The Kier molecular flexibility index (Phi) is 4.83. The van der Waals surface area contributed by atoms with Gasteiger partial charge in [-0.25, -0.2) is 4.68 Å². The predicted octanol–water partition coefficient (Wildman–Crippen LogP) is 1.64. The lowest BCUT2D eigenvalue weighted by molar-refractivity contribution is -0.123. The number of aryl methyl sites for hydroxylation is 2. The summed E-state index contributed by atoms with van der Waals surface area (Å²) in [6, 6.07) is 7.39. The molecule has 0 spiro atoms. The largest absolute Gasteiger partial charge is 0.483 e. The molecule has 7 heteroatoms. The minimum Gasteiger partial charge on any atom is -0.483 e. The number of para-hydroxylation sites is 1. The Morgan fingerprint density at radius 1 is 1.32 bits per heavy atom. The molecule has 0 bridgehead atoms. The minimum atomic E-state index is -0.264. The Morgan fingerprint density at radius 3 is 3.04 bits per heavy atom. The number of nitrogens with one attached hydrogen (secondary N) is 1. The van der Waals surface area contributed by atoms with Crippen molar-refractivity contribution in [1.29, 1.82) is 0 Å². The molecule has 1 aromatic carbocycles. The molecule has 2 aromatic rings. The molecule has 0 atom stereocenters. The Morgan fingerprint density at radius 2 is 2.18 bits per heavy atom. The van der Waals surface area contributed by atoms with Gasteiger partial charge in [0.15, 0.2) is 18.1 Å². The van der Waals surface area contributed by atoms with Crippen LogP contribution in [0.25, 0.3) is 0 Å². The van der Waals surface area contributed by atoms with E-state index in [1.165, 1.54) is 4.68 Å². The summed E-state index contributed by atoms with van der Waals surface area (Å²) >= 11 is 0. The van der Waals surface area contributed by atoms with E-state index in [2.05, 4.69) is 10.4 Å². The Bertz CT molecular complexity index is 965. The van der Waals surface area contributed by atoms with E-state index >= 15 is 0 Å². The second-order valence-corrected chi connectivity index (χ2v) is 7.95. The molecule has 1 amide bonds. The SMILES string of the molecule is CC1(C)Cc2cccc(OCC(=O)NCCn3nc4c(cc3=O)CCC4)c2O1. The highest BCUT2D eigenvalue weighted by atomic mass is 16.5. The van der Waals surface area contributed by atoms with Crippen LogP contribution in [0.4, 0.5) is 0 Å². The molecule has 0 unspecified atom stereocenters. The number of hydrogen-bond donors (Lipinski definition) is 1. The van der Waals surface area contributed by atoms with Gasteiger partial charge in [0, 0.05) is 24.6 Å². The van der Waals surface area contributed by atoms with Crippen LogP contribution in [0.3, 0.4) is 0 Å². The summed E-state index contributed by atoms with van der Waals surface area (Å²) in [6.45, 7) is 4.61. The second kappa shape index (κ2) is 7.30. The van der Waals surface area contributed by atoms with Gasteiger partial charge in [0.1, 0.15) is 5.60 Å². The van der Waals surface area contributed by atoms with Crippen LogP contribution in [0.2, 0.25) is 0 Å². The summed E-state index contributed by atoms with van der Waals surface area (Å²) < 4.78 is 13.0. The van der Waals surface area contributed by atoms with Crippen molar-refractivity contribution in [2.75, 3.05) is 13.2 Å². The molecule has 4 rings (SSSR count). The fourth-order valence-electron chi connectivity index (χ4n) is 3.80. The van der Waals surface area contributed by atoms with Crippen molar-refractivity contribution in [2.45, 2.75) is 51.7 Å². The molecule has 7 nitrogen and oxygen atoms in total. The average Bonchev–Trinajstić information content (AvgIpc) is 3.21. The number of carbonyl (C=O) groups excluding carboxylic acids is 1. The summed E-state index contributed by atoms with van der Waals surface area (Å²) in [7, 11) is 0. The highest BCUT2D eigenvalue weighted by Gasteiger charge is 2.32. The standard InChI is InChI=1S/C21H25N3O4/c1-21(2)12-15-6-4-8-17(20(15)28-21)27-13-18(25)22-9-10-24-19(26)11-14-5-3-7-16(14)23-24/h4,6,8,11H,3,5,7,9-10,12-13H2,1-2H3,(H,22,25). The van der Waals surface area contributed by atoms with Crippen LogP contribution in [0.1, 0.15) is 37.1 Å². The van der Waals surface area contributed by atoms with Gasteiger partial charge in [-0.15, -0.1) is 0 Å². The predicted molar refractivity (Wildman–Crippen MR) is 104 cm³/mol. The van der Waals surface area contributed by atoms with Gasteiger partial charge in [-0.05, 0) is 44.7 Å². The third kappa shape index (κ3) is 3.88. The fourth-order valence-corrected chi connectivity index (χ4v) is 3.80. The summed E-state index contributed by atoms with van der Waals surface area (Å²) in [6.07, 6.45) is 3.70. The fraction of sp³-hybridized carbons (Fsp3) is 0.476. The number of aromatic nitrogens is 2. The third-order valence-corrected chi connectivity index (χ3v) is 5.08. The van der Waals surface area contributed by atoms with E-state index < -0.39 is 0 Å². The van der Waals surface area contributed by atoms with Crippen molar-refractivity contribution in [3.63, 3.8) is 0 Å². The van der Waals surface area contributed by atoms with Crippen molar-refractivity contribution in [3.8, 4) is 11.5 Å². The number of ether oxygens (including phenoxy) is 2. The van der Waals surface area contributed by atoms with Gasteiger partial charge >= 0.3 is 0 Å². The van der Waals surface area contributed by atoms with Crippen molar-refractivity contribution in [1.82, 2.24) is 15.1 Å². The second-order valence-electron chi connectivity index (χ2n) is 7.95. The molecule has 1 aromatic heterocycles. The van der Waals surface area contributed by atoms with Crippen molar-refractivity contribution >= 4 is 5.91 Å². The van der Waals surface area contributed by atoms with Crippen LogP contribution >= 0.6 is 0 Å². The first-order chi connectivity index (χ1) is 13.4. The first-order valence-electron chi connectivity index (χ1n) is 9.72. The summed E-state index contributed by atoms with van der Waals surface area (Å²) in [5.41, 5.74) is 2.76. The zero-order valence-corrected chi connectivity index (χ0v) is 16.3. The normalized spacial score (nSPS) is 16.2. The maximum Gasteiger partial charge on any atom is 0.267 e. The lowest BCUT2D eigenvalue weighted by Gasteiger charge is -2.18. The Labute approximate surface area is 163 Å². The molecule has 1 aliphatic carbocycles. The average molecular weight is 383 g/mol. The van der Waals surface area contributed by atoms with Crippen molar-refractivity contribution < 1.29 is 14.3 Å². The zero-order valence-electron chi connectivity index (χ0n) is 16.3. The molecule has 2 aliphatic rings. The van der Waals surface area contributed by atoms with Crippen LogP contribution in [-0.4, -0.2) is 34.4 Å². The van der Waals surface area contributed by atoms with E-state index in [-0.39, 0.29) is 23.7 Å². The van der Waals surface area contributed by atoms with E-state index in [1.807, 2.05) is 32.0 Å². The number of amides is 1. The molecule has 148 valence electrons. The number of benzene rings is 1. The number of fused-ring (bicyclic) bond motifs is 2. The lowest BCUT2D eigenvalue weighted by Crippen LogP contribution is -2.34. The maximum atomic E-state index is 12.1. The highest BCUT2D eigenvalue weighted by Crippen LogP contribution is 2.41. The van der Waals surface area contributed by atoms with Gasteiger partial charge in [-0.3, -0.25) is 9.59 Å². The zero-order chi connectivity index (χ0) is 19.7. The van der Waals surface area contributed by atoms with E-state index in [0.717, 1.165) is 42.5 Å². The van der Waals surface area contributed by atoms with E-state index in [4.69, 9.17) is 9.47 Å². The molecule has 28 heavy (non-hydrogen) atoms. The summed E-state index contributed by atoms with van der Waals surface area (Å²) in [5.74, 6) is 1.05. The molecule has 0 saturated carbocycles. The van der Waals surface area contributed by atoms with Crippen LogP contribution < -0.4 is 20.3 Å². The molecule has 0 fully saturated rings. The van der Waals surface area contributed by atoms with Gasteiger partial charge in [0.05, 0.1) is 12.2 Å². The van der Waals surface area contributed by atoms with Crippen molar-refractivity contribution in [3.05, 3.63) is 51.4 Å². The molecule has 0 saturated heterocycles. The van der Waals surface area contributed by atoms with Gasteiger partial charge in [-0.2, -0.15) is 5.10 Å². The Balaban J connectivity index is 1.29. The smallest absolute Gasteiger partial charge is 0.267 e. The van der Waals surface area contributed by atoms with Crippen LogP contribution in [0.5, 0.6) is 11.5 Å². The first kappa shape index (κ1) is 18.5. The quantitative estimate of drug-likeness (QED) is 0.820. The van der Waals surface area contributed by atoms with Crippen LogP contribution in [0.15, 0.2) is 29.1 Å². The van der Waals surface area contributed by atoms with Crippen LogP contribution in [0, 0.1) is 0 Å². The monoisotopic (exact) mass is 383 g/mol. The topological polar surface area (TPSA) is 82.5 Å². The van der Waals surface area contributed by atoms with Crippen molar-refractivity contribution in [2.24, 2.45) is 0 Å². The summed E-state index contributed by atoms with van der Waals surface area (Å²) in [4.78, 5) is 24.2. The maximum absolute atomic E-state index is 12.1. The lowest BCUT2D eigenvalue weighted by atomic mass is 10.0. The van der Waals surface area contributed by atoms with E-state index in [1.54, 1.807) is 6.07 Å². The minimum absolute atomic E-state index is 0.104. The van der Waals surface area contributed by atoms with Gasteiger partial charge in [0.25, 0.3) is 11.5 Å². The molecule has 0 radical (unpaired) electrons. The van der Waals surface area contributed by atoms with Gasteiger partial charge in [-0.1, -0.05) is 12.1 Å². The number of hydrogen-bond acceptors (Lipinski definition) is 5. The highest BCUT2D eigenvalue weighted by molar-refractivity contribution is 5.77.